The Hall–Kier alpha value is -1.56. The molecule has 1 aliphatic heterocycles. The van der Waals surface area contributed by atoms with Gasteiger partial charge in [0.15, 0.2) is 0 Å². The standard InChI is InChI=1S/C16H24O.C2HF3O2/c1-12-7-5-6-8-14(12)15-10-9-13(17-15)11-16(2,3)4;3-2(4,5)1(6)7/h5-8,13,15H,9-11H2,1-4H3;(H,6,7)/t13-,15+;/m0./s1. The molecule has 24 heavy (non-hydrogen) atoms. The molecule has 1 aromatic carbocycles. The minimum Gasteiger partial charge on any atom is -0.475 e. The normalized spacial score (nSPS) is 21.1. The van der Waals surface area contributed by atoms with Crippen molar-refractivity contribution in [3.8, 4) is 0 Å². The number of halogens is 3. The van der Waals surface area contributed by atoms with Crippen LogP contribution in [0.3, 0.4) is 0 Å². The number of aryl methyl sites for hydroxylation is 1. The van der Waals surface area contributed by atoms with Gasteiger partial charge in [0.05, 0.1) is 12.2 Å². The fourth-order valence-electron chi connectivity index (χ4n) is 2.72. The molecule has 1 fully saturated rings. The van der Waals surface area contributed by atoms with Crippen LogP contribution in [0.25, 0.3) is 0 Å². The minimum atomic E-state index is -5.08. The maximum Gasteiger partial charge on any atom is 0.490 e. The van der Waals surface area contributed by atoms with Crippen LogP contribution in [0, 0.1) is 12.3 Å². The van der Waals surface area contributed by atoms with Gasteiger partial charge in [0, 0.05) is 0 Å². The van der Waals surface area contributed by atoms with E-state index >= 15 is 0 Å². The lowest BCUT2D eigenvalue weighted by Crippen LogP contribution is -2.21. The van der Waals surface area contributed by atoms with Crippen molar-refractivity contribution in [2.45, 2.75) is 65.3 Å². The molecule has 0 aliphatic carbocycles. The number of aliphatic carboxylic acids is 1. The maximum atomic E-state index is 10.6. The second-order valence-corrected chi connectivity index (χ2v) is 7.25. The molecular weight excluding hydrogens is 321 g/mol. The summed E-state index contributed by atoms with van der Waals surface area (Å²) in [7, 11) is 0. The average molecular weight is 346 g/mol. The lowest BCUT2D eigenvalue weighted by Gasteiger charge is -2.23. The Bertz CT molecular complexity index is 547. The van der Waals surface area contributed by atoms with Crippen molar-refractivity contribution in [1.82, 2.24) is 0 Å². The van der Waals surface area contributed by atoms with Crippen LogP contribution in [0.15, 0.2) is 24.3 Å². The van der Waals surface area contributed by atoms with E-state index in [9.17, 15) is 13.2 Å². The molecule has 136 valence electrons. The SMILES string of the molecule is Cc1ccccc1[C@H]1CC[C@@H](CC(C)(C)C)O1.O=C(O)C(F)(F)F. The molecule has 1 aromatic rings. The number of hydrogen-bond donors (Lipinski definition) is 1. The highest BCUT2D eigenvalue weighted by Crippen LogP contribution is 2.38. The first kappa shape index (κ1) is 20.5. The summed E-state index contributed by atoms with van der Waals surface area (Å²) in [5.74, 6) is -2.76. The number of carboxylic acid groups (broad SMARTS) is 1. The largest absolute Gasteiger partial charge is 0.490 e. The van der Waals surface area contributed by atoms with Gasteiger partial charge < -0.3 is 9.84 Å². The highest BCUT2D eigenvalue weighted by Gasteiger charge is 2.38. The van der Waals surface area contributed by atoms with E-state index in [0.717, 1.165) is 6.42 Å². The smallest absolute Gasteiger partial charge is 0.475 e. The van der Waals surface area contributed by atoms with Gasteiger partial charge in [0.1, 0.15) is 0 Å². The van der Waals surface area contributed by atoms with E-state index in [1.54, 1.807) is 0 Å². The summed E-state index contributed by atoms with van der Waals surface area (Å²) >= 11 is 0. The molecule has 1 aliphatic rings. The summed E-state index contributed by atoms with van der Waals surface area (Å²) in [6, 6.07) is 8.60. The first-order valence-corrected chi connectivity index (χ1v) is 7.91. The van der Waals surface area contributed by atoms with Crippen LogP contribution >= 0.6 is 0 Å². The minimum absolute atomic E-state index is 0.323. The Labute approximate surface area is 140 Å². The molecule has 0 spiro atoms. The zero-order valence-electron chi connectivity index (χ0n) is 14.5. The second kappa shape index (κ2) is 8.01. The van der Waals surface area contributed by atoms with E-state index in [0.29, 0.717) is 17.6 Å². The first-order chi connectivity index (χ1) is 10.9. The van der Waals surface area contributed by atoms with Crippen LogP contribution in [0.2, 0.25) is 0 Å². The van der Waals surface area contributed by atoms with E-state index in [1.807, 2.05) is 0 Å². The Kier molecular flexibility index (Phi) is 6.84. The quantitative estimate of drug-likeness (QED) is 0.792. The topological polar surface area (TPSA) is 46.5 Å². The number of rotatable bonds is 2. The Balaban J connectivity index is 0.000000351. The van der Waals surface area contributed by atoms with Gasteiger partial charge in [-0.25, -0.2) is 4.79 Å². The summed E-state index contributed by atoms with van der Waals surface area (Å²) < 4.78 is 37.9. The van der Waals surface area contributed by atoms with Crippen molar-refractivity contribution >= 4 is 5.97 Å². The monoisotopic (exact) mass is 346 g/mol. The van der Waals surface area contributed by atoms with Crippen LogP contribution in [0.5, 0.6) is 0 Å². The molecule has 0 saturated carbocycles. The van der Waals surface area contributed by atoms with E-state index in [2.05, 4.69) is 52.0 Å². The van der Waals surface area contributed by atoms with Gasteiger partial charge in [0.25, 0.3) is 0 Å². The molecule has 2 atom stereocenters. The van der Waals surface area contributed by atoms with Gasteiger partial charge in [-0.3, -0.25) is 0 Å². The average Bonchev–Trinajstić information content (AvgIpc) is 2.84. The molecule has 0 radical (unpaired) electrons. The molecule has 1 N–H and O–H groups in total. The third-order valence-corrected chi connectivity index (χ3v) is 3.73. The Morgan fingerprint density at radius 1 is 1.21 bits per heavy atom. The van der Waals surface area contributed by atoms with Gasteiger partial charge in [0.2, 0.25) is 0 Å². The fraction of sp³-hybridized carbons (Fsp3) is 0.611. The zero-order chi connectivity index (χ0) is 18.5. The van der Waals surface area contributed by atoms with E-state index < -0.39 is 12.1 Å². The van der Waals surface area contributed by atoms with E-state index in [1.165, 1.54) is 24.0 Å². The Morgan fingerprint density at radius 2 is 1.75 bits per heavy atom. The van der Waals surface area contributed by atoms with E-state index in [4.69, 9.17) is 14.6 Å². The van der Waals surface area contributed by atoms with Crippen LogP contribution in [-0.4, -0.2) is 23.4 Å². The molecule has 0 amide bonds. The van der Waals surface area contributed by atoms with Crippen LogP contribution < -0.4 is 0 Å². The van der Waals surface area contributed by atoms with Crippen molar-refractivity contribution in [3.05, 3.63) is 35.4 Å². The summed E-state index contributed by atoms with van der Waals surface area (Å²) in [5.41, 5.74) is 3.10. The third-order valence-electron chi connectivity index (χ3n) is 3.73. The van der Waals surface area contributed by atoms with Gasteiger partial charge in [-0.05, 0) is 42.7 Å². The molecular formula is C18H25F3O3. The van der Waals surface area contributed by atoms with Gasteiger partial charge in [-0.15, -0.1) is 0 Å². The van der Waals surface area contributed by atoms with Crippen molar-refractivity contribution in [2.75, 3.05) is 0 Å². The van der Waals surface area contributed by atoms with Crippen molar-refractivity contribution in [2.24, 2.45) is 5.41 Å². The number of alkyl halides is 3. The predicted octanol–water partition coefficient (Wildman–Crippen LogP) is 5.28. The number of carboxylic acids is 1. The molecule has 3 nitrogen and oxygen atoms in total. The number of benzene rings is 1. The van der Waals surface area contributed by atoms with Gasteiger partial charge in [-0.1, -0.05) is 45.0 Å². The fourth-order valence-corrected chi connectivity index (χ4v) is 2.72. The molecule has 2 rings (SSSR count). The summed E-state index contributed by atoms with van der Waals surface area (Å²) in [6.45, 7) is 9.04. The van der Waals surface area contributed by atoms with Gasteiger partial charge in [-0.2, -0.15) is 13.2 Å². The molecule has 6 heteroatoms. The molecule has 0 aromatic heterocycles. The highest BCUT2D eigenvalue weighted by molar-refractivity contribution is 5.73. The summed E-state index contributed by atoms with van der Waals surface area (Å²) in [4.78, 5) is 8.90. The lowest BCUT2D eigenvalue weighted by molar-refractivity contribution is -0.192. The number of hydrogen-bond acceptors (Lipinski definition) is 2. The second-order valence-electron chi connectivity index (χ2n) is 7.25. The number of ether oxygens (including phenoxy) is 1. The zero-order valence-corrected chi connectivity index (χ0v) is 14.5. The van der Waals surface area contributed by atoms with Crippen molar-refractivity contribution in [3.63, 3.8) is 0 Å². The number of carbonyl (C=O) groups is 1. The van der Waals surface area contributed by atoms with Gasteiger partial charge >= 0.3 is 12.1 Å². The van der Waals surface area contributed by atoms with Crippen LogP contribution in [-0.2, 0) is 9.53 Å². The third kappa shape index (κ3) is 6.91. The molecule has 1 saturated heterocycles. The van der Waals surface area contributed by atoms with Crippen LogP contribution in [0.1, 0.15) is 57.3 Å². The van der Waals surface area contributed by atoms with Crippen LogP contribution in [0.4, 0.5) is 13.2 Å². The molecule has 0 bridgehead atoms. The molecule has 1 heterocycles. The summed E-state index contributed by atoms with van der Waals surface area (Å²) in [5, 5.41) is 7.12. The predicted molar refractivity (Wildman–Crippen MR) is 85.8 cm³/mol. The maximum absolute atomic E-state index is 10.6. The van der Waals surface area contributed by atoms with E-state index in [-0.39, 0.29) is 0 Å². The highest BCUT2D eigenvalue weighted by atomic mass is 19.4. The Morgan fingerprint density at radius 3 is 2.21 bits per heavy atom. The van der Waals surface area contributed by atoms with Crippen molar-refractivity contribution < 1.29 is 27.8 Å². The lowest BCUT2D eigenvalue weighted by atomic mass is 9.88. The first-order valence-electron chi connectivity index (χ1n) is 7.91. The summed E-state index contributed by atoms with van der Waals surface area (Å²) in [6.07, 6.45) is -0.778. The van der Waals surface area contributed by atoms with Crippen molar-refractivity contribution in [1.29, 1.82) is 0 Å². The molecule has 0 unspecified atom stereocenters.